The van der Waals surface area contributed by atoms with Crippen molar-refractivity contribution in [2.75, 3.05) is 53.0 Å². The monoisotopic (exact) mass is 401 g/mol. The van der Waals surface area contributed by atoms with Gasteiger partial charge in [0, 0.05) is 45.4 Å². The van der Waals surface area contributed by atoms with Crippen LogP contribution in [-0.2, 0) is 9.53 Å². The lowest BCUT2D eigenvalue weighted by Gasteiger charge is -2.31. The van der Waals surface area contributed by atoms with Crippen molar-refractivity contribution in [3.8, 4) is 0 Å². The average molecular weight is 401 g/mol. The Bertz CT molecular complexity index is 862. The third kappa shape index (κ3) is 3.68. The molecule has 0 radical (unpaired) electrons. The number of non-ortho nitro benzene ring substituents is 1. The van der Waals surface area contributed by atoms with Crippen LogP contribution in [0.15, 0.2) is 35.5 Å². The molecule has 1 atom stereocenters. The number of nitro benzene ring substituents is 1. The van der Waals surface area contributed by atoms with Gasteiger partial charge in [-0.25, -0.2) is 4.79 Å². The molecular weight excluding hydrogens is 378 g/mol. The van der Waals surface area contributed by atoms with Crippen LogP contribution in [-0.4, -0.2) is 84.5 Å². The first kappa shape index (κ1) is 19.3. The van der Waals surface area contributed by atoms with Crippen LogP contribution in [0.2, 0.25) is 0 Å². The Kier molecular flexibility index (Phi) is 5.20. The second kappa shape index (κ2) is 7.80. The summed E-state index contributed by atoms with van der Waals surface area (Å²) in [6.45, 7) is 4.80. The second-order valence-corrected chi connectivity index (χ2v) is 7.33. The molecular formula is C19H23N5O5. The summed E-state index contributed by atoms with van der Waals surface area (Å²) in [6.07, 6.45) is 0. The lowest BCUT2D eigenvalue weighted by Crippen LogP contribution is -2.45. The molecule has 154 valence electrons. The molecule has 0 aliphatic carbocycles. The molecule has 1 saturated heterocycles. The number of rotatable bonds is 5. The molecule has 1 aromatic carbocycles. The van der Waals surface area contributed by atoms with E-state index in [2.05, 4.69) is 10.2 Å². The first-order valence-electron chi connectivity index (χ1n) is 9.56. The summed E-state index contributed by atoms with van der Waals surface area (Å²) in [5.74, 6) is -0.108. The predicted octanol–water partition coefficient (Wildman–Crippen LogP) is 0.719. The molecule has 1 N–H and O–H groups in total. The van der Waals surface area contributed by atoms with Crippen molar-refractivity contribution >= 4 is 17.6 Å². The maximum absolute atomic E-state index is 13.2. The number of carbonyl (C=O) groups excluding carboxylic acids is 2. The van der Waals surface area contributed by atoms with Gasteiger partial charge in [0.15, 0.2) is 0 Å². The van der Waals surface area contributed by atoms with Gasteiger partial charge in [-0.05, 0) is 17.7 Å². The van der Waals surface area contributed by atoms with E-state index in [9.17, 15) is 19.7 Å². The molecule has 1 aromatic rings. The third-order valence-electron chi connectivity index (χ3n) is 5.66. The standard InChI is InChI=1S/C19H23N5O5/c1-21-15-12-23(7-6-22-8-10-29-11-9-22)18(25)16(15)17(20-19(21)26)13-2-4-14(5-3-13)24(27)28/h2-5,17H,6-12H2,1H3,(H,20,26)/t17-/m0/s1. The quantitative estimate of drug-likeness (QED) is 0.575. The van der Waals surface area contributed by atoms with E-state index in [-0.39, 0.29) is 17.6 Å². The number of ether oxygens (including phenoxy) is 1. The summed E-state index contributed by atoms with van der Waals surface area (Å²) < 4.78 is 5.36. The normalized spacial score (nSPS) is 22.7. The number of likely N-dealkylation sites (N-methyl/N-ethyl adjacent to an activating group) is 1. The van der Waals surface area contributed by atoms with Crippen molar-refractivity contribution in [2.45, 2.75) is 6.04 Å². The minimum atomic E-state index is -0.615. The van der Waals surface area contributed by atoms with Gasteiger partial charge in [0.25, 0.3) is 11.6 Å². The second-order valence-electron chi connectivity index (χ2n) is 7.33. The summed E-state index contributed by atoms with van der Waals surface area (Å²) in [4.78, 5) is 41.5. The van der Waals surface area contributed by atoms with Gasteiger partial charge in [-0.3, -0.25) is 24.7 Å². The Labute approximate surface area is 167 Å². The molecule has 0 saturated carbocycles. The summed E-state index contributed by atoms with van der Waals surface area (Å²) in [6, 6.07) is 5.03. The van der Waals surface area contributed by atoms with E-state index in [0.717, 1.165) is 19.6 Å². The van der Waals surface area contributed by atoms with Crippen LogP contribution in [0.1, 0.15) is 11.6 Å². The molecule has 10 heteroatoms. The van der Waals surface area contributed by atoms with Crippen molar-refractivity contribution in [3.63, 3.8) is 0 Å². The van der Waals surface area contributed by atoms with Crippen molar-refractivity contribution in [3.05, 3.63) is 51.2 Å². The molecule has 3 aliphatic heterocycles. The van der Waals surface area contributed by atoms with Gasteiger partial charge in [-0.15, -0.1) is 0 Å². The van der Waals surface area contributed by atoms with Crippen LogP contribution in [0.25, 0.3) is 0 Å². The molecule has 4 rings (SSSR count). The van der Waals surface area contributed by atoms with E-state index in [0.29, 0.717) is 43.1 Å². The fourth-order valence-electron chi connectivity index (χ4n) is 3.93. The van der Waals surface area contributed by atoms with Crippen molar-refractivity contribution in [1.82, 2.24) is 20.0 Å². The van der Waals surface area contributed by atoms with E-state index in [4.69, 9.17) is 4.74 Å². The summed E-state index contributed by atoms with van der Waals surface area (Å²) in [5, 5.41) is 13.8. The Balaban J connectivity index is 1.54. The summed E-state index contributed by atoms with van der Waals surface area (Å²) in [7, 11) is 1.65. The summed E-state index contributed by atoms with van der Waals surface area (Å²) in [5.41, 5.74) is 1.83. The Morgan fingerprint density at radius 3 is 2.52 bits per heavy atom. The van der Waals surface area contributed by atoms with Crippen LogP contribution in [0.5, 0.6) is 0 Å². The van der Waals surface area contributed by atoms with E-state index >= 15 is 0 Å². The van der Waals surface area contributed by atoms with Gasteiger partial charge < -0.3 is 15.0 Å². The van der Waals surface area contributed by atoms with Gasteiger partial charge >= 0.3 is 6.03 Å². The lowest BCUT2D eigenvalue weighted by atomic mass is 9.95. The Morgan fingerprint density at radius 2 is 1.86 bits per heavy atom. The Hall–Kier alpha value is -2.98. The minimum absolute atomic E-state index is 0.0351. The predicted molar refractivity (Wildman–Crippen MR) is 103 cm³/mol. The van der Waals surface area contributed by atoms with Crippen LogP contribution in [0.3, 0.4) is 0 Å². The van der Waals surface area contributed by atoms with E-state index in [1.165, 1.54) is 17.0 Å². The maximum atomic E-state index is 13.2. The number of benzene rings is 1. The van der Waals surface area contributed by atoms with Gasteiger partial charge in [0.1, 0.15) is 0 Å². The molecule has 0 unspecified atom stereocenters. The number of nitrogens with zero attached hydrogens (tertiary/aromatic N) is 4. The molecule has 3 aliphatic rings. The molecule has 0 aromatic heterocycles. The fraction of sp³-hybridized carbons (Fsp3) is 0.474. The number of hydrogen-bond donors (Lipinski definition) is 1. The topological polar surface area (TPSA) is 108 Å². The molecule has 1 fully saturated rings. The smallest absolute Gasteiger partial charge is 0.322 e. The van der Waals surface area contributed by atoms with Gasteiger partial charge in [-0.1, -0.05) is 0 Å². The SMILES string of the molecule is CN1C(=O)N[C@@H](c2ccc([N+](=O)[O-])cc2)C2=C1CN(CCN1CCOCC1)C2=O. The van der Waals surface area contributed by atoms with Crippen LogP contribution in [0, 0.1) is 10.1 Å². The number of urea groups is 1. The zero-order valence-electron chi connectivity index (χ0n) is 16.2. The first-order chi connectivity index (χ1) is 14.0. The first-order valence-corrected chi connectivity index (χ1v) is 9.56. The highest BCUT2D eigenvalue weighted by Gasteiger charge is 2.42. The van der Waals surface area contributed by atoms with E-state index < -0.39 is 11.0 Å². The van der Waals surface area contributed by atoms with Crippen molar-refractivity contribution in [2.24, 2.45) is 0 Å². The third-order valence-corrected chi connectivity index (χ3v) is 5.66. The van der Waals surface area contributed by atoms with Gasteiger partial charge in [-0.2, -0.15) is 0 Å². The lowest BCUT2D eigenvalue weighted by molar-refractivity contribution is -0.384. The minimum Gasteiger partial charge on any atom is -0.379 e. The largest absolute Gasteiger partial charge is 0.379 e. The van der Waals surface area contributed by atoms with Gasteiger partial charge in [0.05, 0.1) is 42.0 Å². The number of hydrogen-bond acceptors (Lipinski definition) is 6. The van der Waals surface area contributed by atoms with Crippen LogP contribution < -0.4 is 5.32 Å². The van der Waals surface area contributed by atoms with E-state index in [1.54, 1.807) is 24.1 Å². The van der Waals surface area contributed by atoms with Crippen LogP contribution in [0.4, 0.5) is 10.5 Å². The number of carbonyl (C=O) groups is 2. The number of nitrogens with one attached hydrogen (secondary N) is 1. The maximum Gasteiger partial charge on any atom is 0.322 e. The zero-order valence-corrected chi connectivity index (χ0v) is 16.2. The number of nitro groups is 1. The molecule has 10 nitrogen and oxygen atoms in total. The number of morpholine rings is 1. The highest BCUT2D eigenvalue weighted by Crippen LogP contribution is 2.36. The summed E-state index contributed by atoms with van der Waals surface area (Å²) >= 11 is 0. The zero-order chi connectivity index (χ0) is 20.5. The molecule has 3 amide bonds. The highest BCUT2D eigenvalue weighted by atomic mass is 16.6. The van der Waals surface area contributed by atoms with Crippen molar-refractivity contribution < 1.29 is 19.2 Å². The fourth-order valence-corrected chi connectivity index (χ4v) is 3.93. The number of amides is 3. The average Bonchev–Trinajstić information content (AvgIpc) is 3.07. The van der Waals surface area contributed by atoms with Gasteiger partial charge in [0.2, 0.25) is 0 Å². The molecule has 29 heavy (non-hydrogen) atoms. The van der Waals surface area contributed by atoms with E-state index in [1.807, 2.05) is 0 Å². The molecule has 3 heterocycles. The Morgan fingerprint density at radius 1 is 1.17 bits per heavy atom. The van der Waals surface area contributed by atoms with Crippen LogP contribution >= 0.6 is 0 Å². The van der Waals surface area contributed by atoms with Crippen molar-refractivity contribution in [1.29, 1.82) is 0 Å². The highest BCUT2D eigenvalue weighted by molar-refractivity contribution is 6.01. The molecule has 0 bridgehead atoms. The molecule has 0 spiro atoms.